The Labute approximate surface area is 169 Å². The first-order valence-corrected chi connectivity index (χ1v) is 10.4. The molecule has 0 fully saturated rings. The largest absolute Gasteiger partial charge is 0.349 e. The third-order valence-corrected chi connectivity index (χ3v) is 5.64. The molecule has 0 saturated carbocycles. The summed E-state index contributed by atoms with van der Waals surface area (Å²) in [4.78, 5) is 17.4. The maximum Gasteiger partial charge on any atom is 0.233 e. The highest BCUT2D eigenvalue weighted by molar-refractivity contribution is 8.00. The zero-order valence-electron chi connectivity index (χ0n) is 16.6. The van der Waals surface area contributed by atoms with Crippen molar-refractivity contribution in [2.45, 2.75) is 50.7 Å². The number of thioether (sulfide) groups is 1. The molecule has 0 aliphatic rings. The first kappa shape index (κ1) is 20.4. The second-order valence-corrected chi connectivity index (χ2v) is 8.74. The van der Waals surface area contributed by atoms with Crippen molar-refractivity contribution < 1.29 is 9.18 Å². The van der Waals surface area contributed by atoms with E-state index in [1.165, 1.54) is 23.9 Å². The van der Waals surface area contributed by atoms with E-state index in [2.05, 4.69) is 29.8 Å². The number of imidazole rings is 1. The molecule has 28 heavy (non-hydrogen) atoms. The van der Waals surface area contributed by atoms with Crippen molar-refractivity contribution in [1.82, 2.24) is 14.9 Å². The predicted molar refractivity (Wildman–Crippen MR) is 113 cm³/mol. The van der Waals surface area contributed by atoms with Gasteiger partial charge >= 0.3 is 0 Å². The van der Waals surface area contributed by atoms with Gasteiger partial charge in [-0.3, -0.25) is 4.79 Å². The van der Waals surface area contributed by atoms with Crippen LogP contribution in [-0.2, 0) is 11.3 Å². The highest BCUT2D eigenvalue weighted by Gasteiger charge is 2.21. The molecular formula is C22H26FN3OS. The van der Waals surface area contributed by atoms with Gasteiger partial charge in [-0.1, -0.05) is 49.9 Å². The summed E-state index contributed by atoms with van der Waals surface area (Å²) in [6, 6.07) is 14.1. The standard InChI is InChI=1S/C22H26FN3OS/c1-14(2)13-26-20-8-6-5-7-19(20)25-22(26)28-16(4)21(27)24-15(3)17-9-11-18(23)12-10-17/h5-12,14-16H,13H2,1-4H3,(H,24,27)/t15-,16+/m1/s1. The van der Waals surface area contributed by atoms with E-state index in [4.69, 9.17) is 4.98 Å². The van der Waals surface area contributed by atoms with E-state index >= 15 is 0 Å². The quantitative estimate of drug-likeness (QED) is 0.556. The summed E-state index contributed by atoms with van der Waals surface area (Å²) < 4.78 is 15.3. The zero-order valence-corrected chi connectivity index (χ0v) is 17.5. The fourth-order valence-electron chi connectivity index (χ4n) is 3.06. The molecule has 4 nitrogen and oxygen atoms in total. The zero-order chi connectivity index (χ0) is 20.3. The van der Waals surface area contributed by atoms with Crippen LogP contribution in [0.25, 0.3) is 11.0 Å². The highest BCUT2D eigenvalue weighted by Crippen LogP contribution is 2.28. The van der Waals surface area contributed by atoms with Crippen molar-refractivity contribution in [2.24, 2.45) is 5.92 Å². The van der Waals surface area contributed by atoms with E-state index in [0.717, 1.165) is 28.3 Å². The molecule has 0 aliphatic heterocycles. The van der Waals surface area contributed by atoms with Crippen molar-refractivity contribution in [3.05, 3.63) is 59.9 Å². The normalized spacial score (nSPS) is 13.6. The first-order chi connectivity index (χ1) is 13.3. The van der Waals surface area contributed by atoms with Gasteiger partial charge in [-0.15, -0.1) is 0 Å². The number of hydrogen-bond donors (Lipinski definition) is 1. The molecule has 1 N–H and O–H groups in total. The number of halogens is 1. The van der Waals surface area contributed by atoms with Gasteiger partial charge in [-0.05, 0) is 49.6 Å². The van der Waals surface area contributed by atoms with Gasteiger partial charge in [0.2, 0.25) is 5.91 Å². The van der Waals surface area contributed by atoms with Crippen LogP contribution in [0.5, 0.6) is 0 Å². The Kier molecular flexibility index (Phi) is 6.39. The minimum Gasteiger partial charge on any atom is -0.349 e. The molecule has 3 aromatic rings. The number of benzene rings is 2. The highest BCUT2D eigenvalue weighted by atomic mass is 32.2. The van der Waals surface area contributed by atoms with Crippen LogP contribution in [0, 0.1) is 11.7 Å². The van der Waals surface area contributed by atoms with Gasteiger partial charge in [0.1, 0.15) is 5.82 Å². The van der Waals surface area contributed by atoms with Crippen molar-refractivity contribution in [2.75, 3.05) is 0 Å². The van der Waals surface area contributed by atoms with Gasteiger partial charge in [-0.25, -0.2) is 9.37 Å². The number of carbonyl (C=O) groups excluding carboxylic acids is 1. The molecule has 0 spiro atoms. The molecule has 0 aliphatic carbocycles. The Morgan fingerprint density at radius 1 is 1.11 bits per heavy atom. The van der Waals surface area contributed by atoms with E-state index in [0.29, 0.717) is 5.92 Å². The van der Waals surface area contributed by atoms with Crippen LogP contribution >= 0.6 is 11.8 Å². The summed E-state index contributed by atoms with van der Waals surface area (Å²) in [6.45, 7) is 8.98. The molecule has 0 radical (unpaired) electrons. The van der Waals surface area contributed by atoms with Gasteiger partial charge in [0.05, 0.1) is 22.3 Å². The van der Waals surface area contributed by atoms with Crippen molar-refractivity contribution >= 4 is 28.7 Å². The number of nitrogens with zero attached hydrogens (tertiary/aromatic N) is 2. The van der Waals surface area contributed by atoms with Gasteiger partial charge < -0.3 is 9.88 Å². The average Bonchev–Trinajstić information content (AvgIpc) is 2.99. The second kappa shape index (κ2) is 8.78. The van der Waals surface area contributed by atoms with E-state index < -0.39 is 0 Å². The molecule has 0 saturated heterocycles. The van der Waals surface area contributed by atoms with Crippen LogP contribution in [0.2, 0.25) is 0 Å². The lowest BCUT2D eigenvalue weighted by molar-refractivity contribution is -0.120. The van der Waals surface area contributed by atoms with Crippen LogP contribution < -0.4 is 5.32 Å². The van der Waals surface area contributed by atoms with Gasteiger partial charge in [0, 0.05) is 6.54 Å². The fraction of sp³-hybridized carbons (Fsp3) is 0.364. The molecular weight excluding hydrogens is 373 g/mol. The maximum atomic E-state index is 13.1. The van der Waals surface area contributed by atoms with Gasteiger partial charge in [-0.2, -0.15) is 0 Å². The van der Waals surface area contributed by atoms with Crippen LogP contribution in [0.4, 0.5) is 4.39 Å². The number of hydrogen-bond acceptors (Lipinski definition) is 3. The summed E-state index contributed by atoms with van der Waals surface area (Å²) in [5, 5.41) is 3.56. The Morgan fingerprint density at radius 2 is 1.79 bits per heavy atom. The number of para-hydroxylation sites is 2. The smallest absolute Gasteiger partial charge is 0.233 e. The molecule has 6 heteroatoms. The van der Waals surface area contributed by atoms with E-state index in [1.54, 1.807) is 12.1 Å². The second-order valence-electron chi connectivity index (χ2n) is 7.43. The fourth-order valence-corrected chi connectivity index (χ4v) is 4.00. The van der Waals surface area contributed by atoms with Crippen LogP contribution in [0.3, 0.4) is 0 Å². The molecule has 0 unspecified atom stereocenters. The summed E-state index contributed by atoms with van der Waals surface area (Å²) >= 11 is 1.47. The lowest BCUT2D eigenvalue weighted by Crippen LogP contribution is -2.33. The lowest BCUT2D eigenvalue weighted by atomic mass is 10.1. The summed E-state index contributed by atoms with van der Waals surface area (Å²) in [7, 11) is 0. The topological polar surface area (TPSA) is 46.9 Å². The number of nitrogens with one attached hydrogen (secondary N) is 1. The summed E-state index contributed by atoms with van der Waals surface area (Å²) in [5.74, 6) is 0.125. The van der Waals surface area contributed by atoms with E-state index in [-0.39, 0.29) is 23.0 Å². The monoisotopic (exact) mass is 399 g/mol. The Morgan fingerprint density at radius 3 is 2.46 bits per heavy atom. The van der Waals surface area contributed by atoms with Crippen molar-refractivity contribution in [3.8, 4) is 0 Å². The van der Waals surface area contributed by atoms with Crippen molar-refractivity contribution in [3.63, 3.8) is 0 Å². The number of amides is 1. The molecule has 1 aromatic heterocycles. The third-order valence-electron chi connectivity index (χ3n) is 4.55. The Bertz CT molecular complexity index is 952. The lowest BCUT2D eigenvalue weighted by Gasteiger charge is -2.18. The Balaban J connectivity index is 1.73. The Hall–Kier alpha value is -2.34. The van der Waals surface area contributed by atoms with E-state index in [1.807, 2.05) is 32.0 Å². The minimum absolute atomic E-state index is 0.0648. The molecule has 1 amide bonds. The van der Waals surface area contributed by atoms with Crippen LogP contribution in [0.15, 0.2) is 53.7 Å². The van der Waals surface area contributed by atoms with Crippen LogP contribution in [-0.4, -0.2) is 20.7 Å². The first-order valence-electron chi connectivity index (χ1n) is 9.53. The molecule has 1 heterocycles. The van der Waals surface area contributed by atoms with Crippen molar-refractivity contribution in [1.29, 1.82) is 0 Å². The van der Waals surface area contributed by atoms with Gasteiger partial charge in [0.25, 0.3) is 0 Å². The number of carbonyl (C=O) groups is 1. The minimum atomic E-state index is -0.300. The summed E-state index contributed by atoms with van der Waals surface area (Å²) in [6.07, 6.45) is 0. The van der Waals surface area contributed by atoms with E-state index in [9.17, 15) is 9.18 Å². The van der Waals surface area contributed by atoms with Gasteiger partial charge in [0.15, 0.2) is 5.16 Å². The molecule has 3 rings (SSSR count). The number of aromatic nitrogens is 2. The molecule has 2 atom stereocenters. The molecule has 148 valence electrons. The van der Waals surface area contributed by atoms with Crippen LogP contribution in [0.1, 0.15) is 39.3 Å². The number of rotatable bonds is 7. The third kappa shape index (κ3) is 4.73. The number of fused-ring (bicyclic) bond motifs is 1. The predicted octanol–water partition coefficient (Wildman–Crippen LogP) is 5.19. The molecule has 2 aromatic carbocycles. The average molecular weight is 400 g/mol. The maximum absolute atomic E-state index is 13.1. The molecule has 0 bridgehead atoms. The summed E-state index contributed by atoms with van der Waals surface area (Å²) in [5.41, 5.74) is 2.91. The SMILES string of the molecule is CC(C)Cn1c(S[C@@H](C)C(=O)N[C@H](C)c2ccc(F)cc2)nc2ccccc21.